The number of aryl methyl sites for hydroxylation is 2. The highest BCUT2D eigenvalue weighted by atomic mass is 16.1. The zero-order chi connectivity index (χ0) is 13.7. The van der Waals surface area contributed by atoms with Gasteiger partial charge in [-0.05, 0) is 55.2 Å². The maximum Gasteiger partial charge on any atom is 0.217 e. The molecule has 1 amide bonds. The van der Waals surface area contributed by atoms with Crippen molar-refractivity contribution in [3.63, 3.8) is 0 Å². The lowest BCUT2D eigenvalue weighted by molar-refractivity contribution is -0.118. The number of fused-ring (bicyclic) bond motifs is 1. The number of unbranched alkanes of at least 4 members (excludes halogenated alkanes) is 1. The van der Waals surface area contributed by atoms with Gasteiger partial charge in [-0.25, -0.2) is 0 Å². The minimum atomic E-state index is -0.220. The summed E-state index contributed by atoms with van der Waals surface area (Å²) in [5.74, 6) is -0.220. The van der Waals surface area contributed by atoms with E-state index in [-0.39, 0.29) is 11.9 Å². The smallest absolute Gasteiger partial charge is 0.217 e. The summed E-state index contributed by atoms with van der Waals surface area (Å²) in [4.78, 5) is 10.7. The number of carbonyl (C=O) groups excluding carboxylic acids is 1. The van der Waals surface area contributed by atoms with Gasteiger partial charge in [0.1, 0.15) is 0 Å². The van der Waals surface area contributed by atoms with Gasteiger partial charge < -0.3 is 11.5 Å². The molecule has 0 aromatic heterocycles. The monoisotopic (exact) mass is 260 g/mol. The van der Waals surface area contributed by atoms with Gasteiger partial charge in [-0.3, -0.25) is 4.79 Å². The first-order valence-electron chi connectivity index (χ1n) is 7.32. The minimum absolute atomic E-state index is 0.0834. The molecule has 1 unspecified atom stereocenters. The van der Waals surface area contributed by atoms with Crippen molar-refractivity contribution in [3.8, 4) is 0 Å². The third-order valence-electron chi connectivity index (χ3n) is 3.99. The third-order valence-corrected chi connectivity index (χ3v) is 3.99. The molecule has 0 heterocycles. The normalized spacial score (nSPS) is 15.8. The van der Waals surface area contributed by atoms with Gasteiger partial charge >= 0.3 is 0 Å². The lowest BCUT2D eigenvalue weighted by Crippen LogP contribution is -2.13. The van der Waals surface area contributed by atoms with Gasteiger partial charge in [0.15, 0.2) is 0 Å². The summed E-state index contributed by atoms with van der Waals surface area (Å²) in [5, 5.41) is 0. The fourth-order valence-corrected chi connectivity index (χ4v) is 2.81. The number of amides is 1. The Morgan fingerprint density at radius 2 is 1.89 bits per heavy atom. The average Bonchev–Trinajstić information content (AvgIpc) is 2.42. The molecular formula is C16H24N2O. The van der Waals surface area contributed by atoms with Gasteiger partial charge in [0.25, 0.3) is 0 Å². The summed E-state index contributed by atoms with van der Waals surface area (Å²) < 4.78 is 0. The van der Waals surface area contributed by atoms with Gasteiger partial charge in [-0.1, -0.05) is 24.6 Å². The fraction of sp³-hybridized carbons (Fsp3) is 0.562. The van der Waals surface area contributed by atoms with Crippen molar-refractivity contribution < 1.29 is 4.79 Å². The van der Waals surface area contributed by atoms with Crippen LogP contribution in [0.5, 0.6) is 0 Å². The van der Waals surface area contributed by atoms with Crippen molar-refractivity contribution in [2.45, 2.75) is 57.4 Å². The lowest BCUT2D eigenvalue weighted by Gasteiger charge is -2.19. The molecule has 0 radical (unpaired) electrons. The van der Waals surface area contributed by atoms with E-state index in [1.54, 1.807) is 0 Å². The van der Waals surface area contributed by atoms with Crippen molar-refractivity contribution in [3.05, 3.63) is 34.9 Å². The molecule has 1 aliphatic carbocycles. The van der Waals surface area contributed by atoms with Crippen LogP contribution in [-0.2, 0) is 17.6 Å². The molecule has 3 heteroatoms. The molecule has 0 saturated heterocycles. The number of hydrogen-bond acceptors (Lipinski definition) is 2. The molecule has 0 fully saturated rings. The zero-order valence-electron chi connectivity index (χ0n) is 11.5. The maximum absolute atomic E-state index is 10.7. The van der Waals surface area contributed by atoms with Crippen LogP contribution in [0, 0.1) is 0 Å². The topological polar surface area (TPSA) is 69.1 Å². The first-order valence-corrected chi connectivity index (χ1v) is 7.32. The highest BCUT2D eigenvalue weighted by Crippen LogP contribution is 2.25. The number of carbonyl (C=O) groups is 1. The SMILES string of the molecule is NC(=O)CCCCC(N)c1ccc2c(c1)CCCC2. The molecule has 0 spiro atoms. The lowest BCUT2D eigenvalue weighted by atomic mass is 9.88. The molecule has 2 rings (SSSR count). The second kappa shape index (κ2) is 6.71. The molecule has 0 aliphatic heterocycles. The van der Waals surface area contributed by atoms with Crippen LogP contribution in [0.25, 0.3) is 0 Å². The predicted molar refractivity (Wildman–Crippen MR) is 77.7 cm³/mol. The van der Waals surface area contributed by atoms with Crippen LogP contribution < -0.4 is 11.5 Å². The first-order chi connectivity index (χ1) is 9.16. The molecule has 4 N–H and O–H groups in total. The van der Waals surface area contributed by atoms with Gasteiger partial charge in [0, 0.05) is 12.5 Å². The minimum Gasteiger partial charge on any atom is -0.370 e. The van der Waals surface area contributed by atoms with Gasteiger partial charge in [-0.15, -0.1) is 0 Å². The van der Waals surface area contributed by atoms with E-state index >= 15 is 0 Å². The van der Waals surface area contributed by atoms with E-state index in [0.29, 0.717) is 6.42 Å². The number of rotatable bonds is 6. The summed E-state index contributed by atoms with van der Waals surface area (Å²) in [6.45, 7) is 0. The van der Waals surface area contributed by atoms with Crippen LogP contribution in [-0.4, -0.2) is 5.91 Å². The highest BCUT2D eigenvalue weighted by Gasteiger charge is 2.12. The van der Waals surface area contributed by atoms with Crippen molar-refractivity contribution in [2.75, 3.05) is 0 Å². The number of benzene rings is 1. The first kappa shape index (κ1) is 14.1. The van der Waals surface area contributed by atoms with Crippen molar-refractivity contribution in [1.82, 2.24) is 0 Å². The molecule has 1 aliphatic rings. The fourth-order valence-electron chi connectivity index (χ4n) is 2.81. The van der Waals surface area contributed by atoms with Crippen LogP contribution >= 0.6 is 0 Å². The summed E-state index contributed by atoms with van der Waals surface area (Å²) in [6, 6.07) is 6.78. The quantitative estimate of drug-likeness (QED) is 0.772. The van der Waals surface area contributed by atoms with Crippen LogP contribution in [0.2, 0.25) is 0 Å². The summed E-state index contributed by atoms with van der Waals surface area (Å²) in [6.07, 6.45) is 8.20. The third kappa shape index (κ3) is 4.06. The average molecular weight is 260 g/mol. The zero-order valence-corrected chi connectivity index (χ0v) is 11.5. The number of nitrogens with two attached hydrogens (primary N) is 2. The van der Waals surface area contributed by atoms with E-state index in [9.17, 15) is 4.79 Å². The van der Waals surface area contributed by atoms with Crippen molar-refractivity contribution in [1.29, 1.82) is 0 Å². The van der Waals surface area contributed by atoms with E-state index in [1.165, 1.54) is 42.4 Å². The highest BCUT2D eigenvalue weighted by molar-refractivity contribution is 5.73. The molecule has 1 aromatic rings. The molecule has 1 aromatic carbocycles. The Bertz CT molecular complexity index is 442. The molecule has 104 valence electrons. The molecular weight excluding hydrogens is 236 g/mol. The summed E-state index contributed by atoms with van der Waals surface area (Å²) >= 11 is 0. The molecule has 1 atom stereocenters. The number of hydrogen-bond donors (Lipinski definition) is 2. The molecule has 3 nitrogen and oxygen atoms in total. The van der Waals surface area contributed by atoms with E-state index in [0.717, 1.165) is 19.3 Å². The van der Waals surface area contributed by atoms with E-state index < -0.39 is 0 Å². The predicted octanol–water partition coefficient (Wildman–Crippen LogP) is 2.61. The second-order valence-electron chi connectivity index (χ2n) is 5.55. The largest absolute Gasteiger partial charge is 0.370 e. The second-order valence-corrected chi connectivity index (χ2v) is 5.55. The molecule has 0 bridgehead atoms. The number of primary amides is 1. The van der Waals surface area contributed by atoms with Gasteiger partial charge in [0.2, 0.25) is 5.91 Å². The van der Waals surface area contributed by atoms with Crippen LogP contribution in [0.15, 0.2) is 18.2 Å². The molecule has 0 saturated carbocycles. The van der Waals surface area contributed by atoms with Gasteiger partial charge in [0.05, 0.1) is 0 Å². The van der Waals surface area contributed by atoms with Crippen molar-refractivity contribution >= 4 is 5.91 Å². The standard InChI is InChI=1S/C16H24N2O/c17-15(7-3-4-8-16(18)19)14-10-9-12-5-1-2-6-13(12)11-14/h9-11,15H,1-8,17H2,(H2,18,19). The Labute approximate surface area is 115 Å². The van der Waals surface area contributed by atoms with E-state index in [1.807, 2.05) is 0 Å². The van der Waals surface area contributed by atoms with Crippen molar-refractivity contribution in [2.24, 2.45) is 11.5 Å². The maximum atomic E-state index is 10.7. The Morgan fingerprint density at radius 3 is 2.63 bits per heavy atom. The van der Waals surface area contributed by atoms with Crippen LogP contribution in [0.4, 0.5) is 0 Å². The van der Waals surface area contributed by atoms with Crippen LogP contribution in [0.3, 0.4) is 0 Å². The Morgan fingerprint density at radius 1 is 1.16 bits per heavy atom. The van der Waals surface area contributed by atoms with Crippen LogP contribution in [0.1, 0.15) is 61.3 Å². The Hall–Kier alpha value is -1.35. The molecule has 19 heavy (non-hydrogen) atoms. The Balaban J connectivity index is 1.88. The van der Waals surface area contributed by atoms with E-state index in [4.69, 9.17) is 11.5 Å². The summed E-state index contributed by atoms with van der Waals surface area (Å²) in [5.41, 5.74) is 15.6. The summed E-state index contributed by atoms with van der Waals surface area (Å²) in [7, 11) is 0. The van der Waals surface area contributed by atoms with Gasteiger partial charge in [-0.2, -0.15) is 0 Å². The Kier molecular flexibility index (Phi) is 4.97. The van der Waals surface area contributed by atoms with E-state index in [2.05, 4.69) is 18.2 Å².